The van der Waals surface area contributed by atoms with Crippen molar-refractivity contribution in [2.75, 3.05) is 0 Å². The molecule has 1 fully saturated rings. The predicted octanol–water partition coefficient (Wildman–Crippen LogP) is 3.25. The van der Waals surface area contributed by atoms with Gasteiger partial charge in [0.05, 0.1) is 6.26 Å². The summed E-state index contributed by atoms with van der Waals surface area (Å²) in [6.45, 7) is 1.19. The first-order valence-corrected chi connectivity index (χ1v) is 6.47. The number of hydrogen-bond acceptors (Lipinski definition) is 3. The smallest absolute Gasteiger partial charge is 0.146 e. The minimum atomic E-state index is -0.265. The van der Waals surface area contributed by atoms with Gasteiger partial charge in [-0.05, 0) is 43.2 Å². The molecule has 0 spiro atoms. The molecular formula is C15H16FNO2. The van der Waals surface area contributed by atoms with E-state index >= 15 is 0 Å². The summed E-state index contributed by atoms with van der Waals surface area (Å²) in [5.41, 5.74) is 1.13. The Hall–Kier alpha value is -1.81. The van der Waals surface area contributed by atoms with Crippen LogP contribution in [-0.2, 0) is 13.2 Å². The van der Waals surface area contributed by atoms with Crippen molar-refractivity contribution < 1.29 is 13.5 Å². The Morgan fingerprint density at radius 2 is 2.05 bits per heavy atom. The second-order valence-electron chi connectivity index (χ2n) is 4.82. The summed E-state index contributed by atoms with van der Waals surface area (Å²) < 4.78 is 23.7. The average molecular weight is 261 g/mol. The number of nitrogens with one attached hydrogen (secondary N) is 1. The molecule has 19 heavy (non-hydrogen) atoms. The van der Waals surface area contributed by atoms with Gasteiger partial charge in [0.15, 0.2) is 0 Å². The monoisotopic (exact) mass is 261 g/mol. The van der Waals surface area contributed by atoms with Crippen molar-refractivity contribution >= 4 is 0 Å². The van der Waals surface area contributed by atoms with Crippen molar-refractivity contribution in [2.24, 2.45) is 0 Å². The van der Waals surface area contributed by atoms with Crippen molar-refractivity contribution in [3.8, 4) is 5.75 Å². The van der Waals surface area contributed by atoms with Crippen LogP contribution in [0.3, 0.4) is 0 Å². The standard InChI is InChI=1S/C15H16FNO2/c16-12-1-5-14(6-2-12)19-10-15-7-11(9-18-15)8-17-13-3-4-13/h1-2,5-7,9,13,17H,3-4,8,10H2. The zero-order valence-electron chi connectivity index (χ0n) is 10.6. The molecule has 0 bridgehead atoms. The van der Waals surface area contributed by atoms with E-state index in [0.29, 0.717) is 18.4 Å². The van der Waals surface area contributed by atoms with Gasteiger partial charge in [0.25, 0.3) is 0 Å². The van der Waals surface area contributed by atoms with E-state index in [0.717, 1.165) is 17.9 Å². The number of ether oxygens (including phenoxy) is 1. The van der Waals surface area contributed by atoms with Gasteiger partial charge in [-0.1, -0.05) is 0 Å². The molecule has 1 aromatic heterocycles. The molecule has 1 aliphatic rings. The second kappa shape index (κ2) is 5.45. The van der Waals surface area contributed by atoms with Crippen LogP contribution in [0.5, 0.6) is 5.75 Å². The van der Waals surface area contributed by atoms with Crippen LogP contribution in [0, 0.1) is 5.82 Å². The van der Waals surface area contributed by atoms with Crippen LogP contribution >= 0.6 is 0 Å². The summed E-state index contributed by atoms with van der Waals surface area (Å²) in [5, 5.41) is 3.42. The molecular weight excluding hydrogens is 245 g/mol. The van der Waals surface area contributed by atoms with Crippen molar-refractivity contribution in [2.45, 2.75) is 32.0 Å². The SMILES string of the molecule is Fc1ccc(OCc2cc(CNC3CC3)co2)cc1. The van der Waals surface area contributed by atoms with Gasteiger partial charge in [-0.3, -0.25) is 0 Å². The molecule has 0 atom stereocenters. The van der Waals surface area contributed by atoms with E-state index in [2.05, 4.69) is 5.32 Å². The molecule has 0 aliphatic heterocycles. The minimum Gasteiger partial charge on any atom is -0.486 e. The lowest BCUT2D eigenvalue weighted by Crippen LogP contribution is -2.14. The maximum absolute atomic E-state index is 12.7. The lowest BCUT2D eigenvalue weighted by molar-refractivity contribution is 0.270. The summed E-state index contributed by atoms with van der Waals surface area (Å²) in [6, 6.07) is 8.64. The van der Waals surface area contributed by atoms with E-state index in [-0.39, 0.29) is 5.82 Å². The highest BCUT2D eigenvalue weighted by Crippen LogP contribution is 2.20. The molecule has 3 rings (SSSR count). The molecule has 0 unspecified atom stereocenters. The van der Waals surface area contributed by atoms with Gasteiger partial charge in [0.2, 0.25) is 0 Å². The van der Waals surface area contributed by atoms with Gasteiger partial charge < -0.3 is 14.5 Å². The van der Waals surface area contributed by atoms with Crippen molar-refractivity contribution in [1.82, 2.24) is 5.32 Å². The third-order valence-corrected chi connectivity index (χ3v) is 3.08. The molecule has 4 heteroatoms. The molecule has 1 aromatic carbocycles. The Morgan fingerprint density at radius 1 is 1.26 bits per heavy atom. The van der Waals surface area contributed by atoms with Gasteiger partial charge in [0.1, 0.15) is 23.9 Å². The van der Waals surface area contributed by atoms with Crippen LogP contribution < -0.4 is 10.1 Å². The van der Waals surface area contributed by atoms with Crippen LogP contribution in [0.4, 0.5) is 4.39 Å². The van der Waals surface area contributed by atoms with Crippen molar-refractivity contribution in [3.05, 3.63) is 53.7 Å². The van der Waals surface area contributed by atoms with Crippen LogP contribution in [0.15, 0.2) is 41.0 Å². The van der Waals surface area contributed by atoms with Gasteiger partial charge >= 0.3 is 0 Å². The van der Waals surface area contributed by atoms with Gasteiger partial charge in [-0.25, -0.2) is 4.39 Å². The zero-order valence-corrected chi connectivity index (χ0v) is 10.6. The Morgan fingerprint density at radius 3 is 2.79 bits per heavy atom. The molecule has 1 saturated carbocycles. The second-order valence-corrected chi connectivity index (χ2v) is 4.82. The highest BCUT2D eigenvalue weighted by Gasteiger charge is 2.20. The number of hydrogen-bond donors (Lipinski definition) is 1. The van der Waals surface area contributed by atoms with E-state index in [9.17, 15) is 4.39 Å². The highest BCUT2D eigenvalue weighted by atomic mass is 19.1. The molecule has 1 heterocycles. The van der Waals surface area contributed by atoms with Crippen LogP contribution in [0.2, 0.25) is 0 Å². The molecule has 0 radical (unpaired) electrons. The Bertz CT molecular complexity index is 531. The molecule has 2 aromatic rings. The van der Waals surface area contributed by atoms with Crippen molar-refractivity contribution in [1.29, 1.82) is 0 Å². The highest BCUT2D eigenvalue weighted by molar-refractivity contribution is 5.22. The number of halogens is 1. The van der Waals surface area contributed by atoms with Gasteiger partial charge in [-0.15, -0.1) is 0 Å². The Labute approximate surface area is 111 Å². The topological polar surface area (TPSA) is 34.4 Å². The first kappa shape index (κ1) is 12.2. The molecule has 1 aliphatic carbocycles. The quantitative estimate of drug-likeness (QED) is 0.866. The normalized spacial score (nSPS) is 14.6. The molecule has 0 saturated heterocycles. The first-order valence-electron chi connectivity index (χ1n) is 6.47. The third kappa shape index (κ3) is 3.58. The van der Waals surface area contributed by atoms with Crippen LogP contribution in [0.1, 0.15) is 24.2 Å². The van der Waals surface area contributed by atoms with Crippen LogP contribution in [0.25, 0.3) is 0 Å². The molecule has 100 valence electrons. The maximum atomic E-state index is 12.7. The van der Waals surface area contributed by atoms with Gasteiger partial charge in [0, 0.05) is 18.2 Å². The number of furan rings is 1. The lowest BCUT2D eigenvalue weighted by atomic mass is 10.3. The lowest BCUT2D eigenvalue weighted by Gasteiger charge is -2.03. The fourth-order valence-corrected chi connectivity index (χ4v) is 1.83. The molecule has 3 nitrogen and oxygen atoms in total. The van der Waals surface area contributed by atoms with E-state index < -0.39 is 0 Å². The average Bonchev–Trinajstić information content (AvgIpc) is 3.15. The van der Waals surface area contributed by atoms with E-state index in [1.54, 1.807) is 18.4 Å². The predicted molar refractivity (Wildman–Crippen MR) is 69.3 cm³/mol. The third-order valence-electron chi connectivity index (χ3n) is 3.08. The maximum Gasteiger partial charge on any atom is 0.146 e. The van der Waals surface area contributed by atoms with Crippen molar-refractivity contribution in [3.63, 3.8) is 0 Å². The largest absolute Gasteiger partial charge is 0.486 e. The van der Waals surface area contributed by atoms with Crippen LogP contribution in [-0.4, -0.2) is 6.04 Å². The fraction of sp³-hybridized carbons (Fsp3) is 0.333. The van der Waals surface area contributed by atoms with Gasteiger partial charge in [-0.2, -0.15) is 0 Å². The summed E-state index contributed by atoms with van der Waals surface area (Å²) in [7, 11) is 0. The van der Waals surface area contributed by atoms with E-state index in [1.807, 2.05) is 6.07 Å². The first-order chi connectivity index (χ1) is 9.29. The zero-order chi connectivity index (χ0) is 13.1. The summed E-state index contributed by atoms with van der Waals surface area (Å²) >= 11 is 0. The minimum absolute atomic E-state index is 0.265. The summed E-state index contributed by atoms with van der Waals surface area (Å²) in [4.78, 5) is 0. The summed E-state index contributed by atoms with van der Waals surface area (Å²) in [5.74, 6) is 1.14. The Kier molecular flexibility index (Phi) is 3.51. The molecule has 0 amide bonds. The summed E-state index contributed by atoms with van der Waals surface area (Å²) in [6.07, 6.45) is 4.30. The Balaban J connectivity index is 1.50. The van der Waals surface area contributed by atoms with E-state index in [4.69, 9.17) is 9.15 Å². The number of benzene rings is 1. The number of rotatable bonds is 6. The molecule has 1 N–H and O–H groups in total. The van der Waals surface area contributed by atoms with E-state index in [1.165, 1.54) is 25.0 Å². The fourth-order valence-electron chi connectivity index (χ4n) is 1.83.